The molecule has 0 aliphatic rings. The summed E-state index contributed by atoms with van der Waals surface area (Å²) in [5.41, 5.74) is 19.0. The first-order valence-corrected chi connectivity index (χ1v) is 20.4. The Morgan fingerprint density at radius 2 is 0.550 bits per heavy atom. The van der Waals surface area contributed by atoms with E-state index in [0.717, 1.165) is 44.8 Å². The molecule has 282 valence electrons. The van der Waals surface area contributed by atoms with Gasteiger partial charge in [0.2, 0.25) is 0 Å². The Labute approximate surface area is 351 Å². The lowest BCUT2D eigenvalue weighted by Gasteiger charge is -2.17. The maximum Gasteiger partial charge on any atom is 0.160 e. The molecule has 0 saturated heterocycles. The van der Waals surface area contributed by atoms with E-state index in [9.17, 15) is 0 Å². The molecule has 0 radical (unpaired) electrons. The Morgan fingerprint density at radius 1 is 0.183 bits per heavy atom. The third-order valence-electron chi connectivity index (χ3n) is 11.1. The highest BCUT2D eigenvalue weighted by molar-refractivity contribution is 5.94. The molecule has 0 spiro atoms. The molecule has 2 heteroatoms. The van der Waals surface area contributed by atoms with Crippen molar-refractivity contribution >= 4 is 0 Å². The summed E-state index contributed by atoms with van der Waals surface area (Å²) < 4.78 is 0. The Balaban J connectivity index is 1.02. The first-order chi connectivity index (χ1) is 29.7. The molecule has 1 aromatic heterocycles. The molecule has 0 aliphatic heterocycles. The lowest BCUT2D eigenvalue weighted by atomic mass is 9.87. The molecule has 9 aromatic carbocycles. The van der Waals surface area contributed by atoms with E-state index in [2.05, 4.69) is 218 Å². The molecule has 0 atom stereocenters. The van der Waals surface area contributed by atoms with Gasteiger partial charge in [0.25, 0.3) is 0 Å². The number of rotatable bonds is 9. The summed E-state index contributed by atoms with van der Waals surface area (Å²) in [6.07, 6.45) is 0. The van der Waals surface area contributed by atoms with Gasteiger partial charge in [0.05, 0.1) is 11.4 Å². The molecule has 0 fully saturated rings. The van der Waals surface area contributed by atoms with Crippen molar-refractivity contribution in [3.05, 3.63) is 243 Å². The molecule has 0 saturated carbocycles. The lowest BCUT2D eigenvalue weighted by molar-refractivity contribution is 1.18. The van der Waals surface area contributed by atoms with E-state index < -0.39 is 0 Å². The van der Waals surface area contributed by atoms with Crippen LogP contribution in [-0.2, 0) is 0 Å². The highest BCUT2D eigenvalue weighted by Crippen LogP contribution is 2.41. The van der Waals surface area contributed by atoms with Crippen molar-refractivity contribution in [2.45, 2.75) is 0 Å². The van der Waals surface area contributed by atoms with Gasteiger partial charge in [0, 0.05) is 16.7 Å². The van der Waals surface area contributed by atoms with Crippen LogP contribution in [0, 0.1) is 0 Å². The lowest BCUT2D eigenvalue weighted by Crippen LogP contribution is -1.96. The van der Waals surface area contributed by atoms with Gasteiger partial charge in [-0.1, -0.05) is 218 Å². The molecular formula is C58H40N2. The minimum atomic E-state index is 0.701. The zero-order chi connectivity index (χ0) is 40.1. The molecule has 0 bridgehead atoms. The Hall–Kier alpha value is -7.94. The van der Waals surface area contributed by atoms with E-state index >= 15 is 0 Å². The van der Waals surface area contributed by atoms with Crippen LogP contribution in [0.25, 0.3) is 101 Å². The summed E-state index contributed by atoms with van der Waals surface area (Å²) in [5, 5.41) is 0. The zero-order valence-electron chi connectivity index (χ0n) is 33.0. The Morgan fingerprint density at radius 3 is 1.15 bits per heavy atom. The first-order valence-electron chi connectivity index (χ1n) is 20.4. The van der Waals surface area contributed by atoms with E-state index in [1.807, 2.05) is 24.3 Å². The molecule has 2 nitrogen and oxygen atoms in total. The quantitative estimate of drug-likeness (QED) is 0.146. The minimum absolute atomic E-state index is 0.701. The van der Waals surface area contributed by atoms with Gasteiger partial charge < -0.3 is 0 Å². The Kier molecular flexibility index (Phi) is 10.0. The van der Waals surface area contributed by atoms with E-state index in [-0.39, 0.29) is 0 Å². The zero-order valence-corrected chi connectivity index (χ0v) is 33.0. The fraction of sp³-hybridized carbons (Fsp3) is 0. The summed E-state index contributed by atoms with van der Waals surface area (Å²) in [6.45, 7) is 0. The van der Waals surface area contributed by atoms with Gasteiger partial charge in [-0.2, -0.15) is 0 Å². The van der Waals surface area contributed by atoms with E-state index in [1.54, 1.807) is 0 Å². The van der Waals surface area contributed by atoms with Gasteiger partial charge in [-0.25, -0.2) is 9.97 Å². The largest absolute Gasteiger partial charge is 0.228 e. The predicted octanol–water partition coefficient (Wildman–Crippen LogP) is 15.5. The minimum Gasteiger partial charge on any atom is -0.228 e. The molecule has 0 aliphatic carbocycles. The highest BCUT2D eigenvalue weighted by Gasteiger charge is 2.16. The van der Waals surface area contributed by atoms with Crippen molar-refractivity contribution in [1.82, 2.24) is 9.97 Å². The molecule has 0 amide bonds. The van der Waals surface area contributed by atoms with Crippen molar-refractivity contribution < 1.29 is 0 Å². The van der Waals surface area contributed by atoms with E-state index in [4.69, 9.17) is 9.97 Å². The summed E-state index contributed by atoms with van der Waals surface area (Å²) in [7, 11) is 0. The molecular weight excluding hydrogens is 725 g/mol. The maximum atomic E-state index is 5.15. The summed E-state index contributed by atoms with van der Waals surface area (Å²) in [5.74, 6) is 0.701. The summed E-state index contributed by atoms with van der Waals surface area (Å²) in [6, 6.07) is 86.0. The molecule has 0 unspecified atom stereocenters. The molecule has 60 heavy (non-hydrogen) atoms. The van der Waals surface area contributed by atoms with Gasteiger partial charge >= 0.3 is 0 Å². The Bertz CT molecular complexity index is 3050. The maximum absolute atomic E-state index is 5.15. The topological polar surface area (TPSA) is 25.8 Å². The van der Waals surface area contributed by atoms with Crippen molar-refractivity contribution in [2.75, 3.05) is 0 Å². The van der Waals surface area contributed by atoms with Crippen LogP contribution in [0.15, 0.2) is 243 Å². The number of hydrogen-bond acceptors (Lipinski definition) is 2. The van der Waals surface area contributed by atoms with Crippen molar-refractivity contribution in [3.63, 3.8) is 0 Å². The van der Waals surface area contributed by atoms with E-state index in [1.165, 1.54) is 50.1 Å². The van der Waals surface area contributed by atoms with Crippen LogP contribution in [0.2, 0.25) is 0 Å². The van der Waals surface area contributed by atoms with Crippen LogP contribution < -0.4 is 0 Å². The second kappa shape index (κ2) is 16.5. The molecule has 1 heterocycles. The van der Waals surface area contributed by atoms with Crippen molar-refractivity contribution in [1.29, 1.82) is 0 Å². The average Bonchev–Trinajstić information content (AvgIpc) is 3.35. The molecule has 0 N–H and O–H groups in total. The average molecular weight is 765 g/mol. The predicted molar refractivity (Wildman–Crippen MR) is 251 cm³/mol. The number of hydrogen-bond donors (Lipinski definition) is 0. The highest BCUT2D eigenvalue weighted by atomic mass is 14.9. The number of aromatic nitrogens is 2. The monoisotopic (exact) mass is 764 g/mol. The standard InChI is InChI=1S/C58H40N2/c1-5-17-41(18-6-1)42-31-33-45(34-32-42)56-40-57(60-58(59-56)46-23-11-4-12-24-46)51-28-16-27-49(38-51)47-25-15-26-48(37-47)50-35-36-54(55(39-50)44-21-9-3-10-22-44)53-30-14-13-29-52(53)43-19-7-2-8-20-43/h1-40H. The van der Waals surface area contributed by atoms with Crippen LogP contribution >= 0.6 is 0 Å². The number of benzene rings is 9. The fourth-order valence-electron chi connectivity index (χ4n) is 8.06. The third kappa shape index (κ3) is 7.58. The van der Waals surface area contributed by atoms with Crippen LogP contribution in [0.4, 0.5) is 0 Å². The first kappa shape index (κ1) is 36.4. The van der Waals surface area contributed by atoms with Gasteiger partial charge in [-0.3, -0.25) is 0 Å². The van der Waals surface area contributed by atoms with Crippen LogP contribution in [0.3, 0.4) is 0 Å². The van der Waals surface area contributed by atoms with Crippen molar-refractivity contribution in [2.24, 2.45) is 0 Å². The second-order valence-corrected chi connectivity index (χ2v) is 15.0. The van der Waals surface area contributed by atoms with Crippen LogP contribution in [0.1, 0.15) is 0 Å². The van der Waals surface area contributed by atoms with Crippen molar-refractivity contribution in [3.8, 4) is 101 Å². The van der Waals surface area contributed by atoms with Gasteiger partial charge in [0.1, 0.15) is 0 Å². The number of nitrogens with zero attached hydrogens (tertiary/aromatic N) is 2. The molecule has 10 aromatic rings. The summed E-state index contributed by atoms with van der Waals surface area (Å²) in [4.78, 5) is 10.2. The smallest absolute Gasteiger partial charge is 0.160 e. The molecule has 10 rings (SSSR count). The van der Waals surface area contributed by atoms with Gasteiger partial charge in [0.15, 0.2) is 5.82 Å². The van der Waals surface area contributed by atoms with Gasteiger partial charge in [-0.05, 0) is 91.0 Å². The van der Waals surface area contributed by atoms with Crippen LogP contribution in [-0.4, -0.2) is 9.97 Å². The van der Waals surface area contributed by atoms with Gasteiger partial charge in [-0.15, -0.1) is 0 Å². The SMILES string of the molecule is c1ccc(-c2ccc(-c3cc(-c4cccc(-c5cccc(-c6ccc(-c7ccccc7-c7ccccc7)c(-c7ccccc7)c6)c5)c4)nc(-c4ccccc4)n3)cc2)cc1. The third-order valence-corrected chi connectivity index (χ3v) is 11.1. The van der Waals surface area contributed by atoms with Crippen LogP contribution in [0.5, 0.6) is 0 Å². The normalized spacial score (nSPS) is 11.0. The summed E-state index contributed by atoms with van der Waals surface area (Å²) >= 11 is 0. The fourth-order valence-corrected chi connectivity index (χ4v) is 8.06. The van der Waals surface area contributed by atoms with E-state index in [0.29, 0.717) is 5.82 Å². The second-order valence-electron chi connectivity index (χ2n) is 15.0.